The molecule has 0 unspecified atom stereocenters. The number of hydrazine groups is 1. The normalized spacial score (nSPS) is 8.11. The van der Waals surface area contributed by atoms with E-state index in [1.807, 2.05) is 0 Å². The summed E-state index contributed by atoms with van der Waals surface area (Å²) >= 11 is 0. The molecule has 0 aliphatic carbocycles. The molecule has 1 N–H and O–H groups in total. The number of nitro groups is 1. The summed E-state index contributed by atoms with van der Waals surface area (Å²) in [7, 11) is 0. The van der Waals surface area contributed by atoms with Crippen molar-refractivity contribution in [3.63, 3.8) is 0 Å². The fraction of sp³-hybridized carbons (Fsp3) is 0.667. The minimum Gasteiger partial charge on any atom is -0.439 e. The smallest absolute Gasteiger partial charge is 0.304 e. The van der Waals surface area contributed by atoms with Crippen molar-refractivity contribution in [3.8, 4) is 0 Å². The molecule has 0 fully saturated rings. The second-order valence-corrected chi connectivity index (χ2v) is 1.20. The van der Waals surface area contributed by atoms with Gasteiger partial charge in [-0.2, -0.15) is 0 Å². The number of hydrogen-bond donors (Lipinski definition) is 1. The molecule has 0 aromatic carbocycles. The molecular formula is C3H6N2O4. The first-order valence-electron chi connectivity index (χ1n) is 2.14. The summed E-state index contributed by atoms with van der Waals surface area (Å²) in [5.41, 5.74) is 1.66. The van der Waals surface area contributed by atoms with E-state index >= 15 is 0 Å². The Morgan fingerprint density at radius 3 is 2.78 bits per heavy atom. The van der Waals surface area contributed by atoms with E-state index in [-0.39, 0.29) is 6.73 Å². The molecule has 0 rings (SSSR count). The van der Waals surface area contributed by atoms with E-state index < -0.39 is 11.0 Å². The lowest BCUT2D eigenvalue weighted by Gasteiger charge is -1.95. The van der Waals surface area contributed by atoms with Gasteiger partial charge in [-0.1, -0.05) is 0 Å². The SMILES string of the molecule is CC(=O)OCN[N+](=O)[O-]. The van der Waals surface area contributed by atoms with Gasteiger partial charge in [-0.25, -0.2) is 10.1 Å². The van der Waals surface area contributed by atoms with Crippen LogP contribution in [0.5, 0.6) is 0 Å². The Morgan fingerprint density at radius 2 is 2.44 bits per heavy atom. The lowest BCUT2D eigenvalue weighted by molar-refractivity contribution is -0.550. The second-order valence-electron chi connectivity index (χ2n) is 1.20. The zero-order valence-electron chi connectivity index (χ0n) is 4.79. The lowest BCUT2D eigenvalue weighted by atomic mass is 10.8. The number of nitrogens with zero attached hydrogens (tertiary/aromatic N) is 1. The third-order valence-corrected chi connectivity index (χ3v) is 0.469. The molecule has 0 amide bonds. The number of rotatable bonds is 3. The van der Waals surface area contributed by atoms with E-state index in [4.69, 9.17) is 0 Å². The van der Waals surface area contributed by atoms with Crippen LogP contribution >= 0.6 is 0 Å². The molecule has 52 valence electrons. The summed E-state index contributed by atoms with van der Waals surface area (Å²) in [5, 5.41) is 8.70. The highest BCUT2D eigenvalue weighted by atomic mass is 16.7. The van der Waals surface area contributed by atoms with Gasteiger partial charge in [0.15, 0.2) is 5.03 Å². The Balaban J connectivity index is 3.10. The van der Waals surface area contributed by atoms with Crippen LogP contribution < -0.4 is 5.43 Å². The molecule has 6 heteroatoms. The van der Waals surface area contributed by atoms with Gasteiger partial charge in [-0.05, 0) is 0 Å². The molecule has 0 aliphatic heterocycles. The maximum absolute atomic E-state index is 9.94. The quantitative estimate of drug-likeness (QED) is 0.238. The van der Waals surface area contributed by atoms with E-state index in [0.29, 0.717) is 0 Å². The fourth-order valence-corrected chi connectivity index (χ4v) is 0.187. The highest BCUT2D eigenvalue weighted by molar-refractivity contribution is 5.65. The van der Waals surface area contributed by atoms with Crippen molar-refractivity contribution in [1.82, 2.24) is 5.43 Å². The molecule has 0 saturated heterocycles. The third kappa shape index (κ3) is 6.67. The van der Waals surface area contributed by atoms with Crippen LogP contribution in [0.4, 0.5) is 0 Å². The van der Waals surface area contributed by atoms with Crippen LogP contribution in [0.25, 0.3) is 0 Å². The predicted octanol–water partition coefficient (Wildman–Crippen LogP) is -0.712. The number of ether oxygens (including phenoxy) is 1. The van der Waals surface area contributed by atoms with Crippen molar-refractivity contribution in [2.24, 2.45) is 0 Å². The summed E-state index contributed by atoms with van der Waals surface area (Å²) in [4.78, 5) is 19.4. The average molecular weight is 134 g/mol. The monoisotopic (exact) mass is 134 g/mol. The molecule has 0 aliphatic rings. The summed E-state index contributed by atoms with van der Waals surface area (Å²) in [6.07, 6.45) is 0. The van der Waals surface area contributed by atoms with Gasteiger partial charge in [0.2, 0.25) is 6.73 Å². The van der Waals surface area contributed by atoms with Crippen molar-refractivity contribution in [1.29, 1.82) is 0 Å². The Labute approximate surface area is 50.9 Å². The topological polar surface area (TPSA) is 81.5 Å². The van der Waals surface area contributed by atoms with Crippen LogP contribution in [-0.2, 0) is 9.53 Å². The molecule has 0 heterocycles. The highest BCUT2D eigenvalue weighted by Crippen LogP contribution is 1.70. The van der Waals surface area contributed by atoms with Crippen molar-refractivity contribution in [3.05, 3.63) is 10.1 Å². The van der Waals surface area contributed by atoms with E-state index in [9.17, 15) is 14.9 Å². The van der Waals surface area contributed by atoms with Crippen LogP contribution in [0.2, 0.25) is 0 Å². The maximum Gasteiger partial charge on any atom is 0.304 e. The Kier molecular flexibility index (Phi) is 3.11. The number of esters is 1. The molecule has 0 saturated carbocycles. The number of carbonyl (C=O) groups excluding carboxylic acids is 1. The first-order chi connectivity index (χ1) is 4.13. The van der Waals surface area contributed by atoms with Gasteiger partial charge in [-0.3, -0.25) is 4.79 Å². The van der Waals surface area contributed by atoms with Gasteiger partial charge in [0.25, 0.3) is 0 Å². The molecular weight excluding hydrogens is 128 g/mol. The van der Waals surface area contributed by atoms with Crippen LogP contribution in [0, 0.1) is 10.1 Å². The zero-order chi connectivity index (χ0) is 7.28. The van der Waals surface area contributed by atoms with Crippen LogP contribution in [-0.4, -0.2) is 17.7 Å². The van der Waals surface area contributed by atoms with Crippen molar-refractivity contribution < 1.29 is 14.6 Å². The Hall–Kier alpha value is -1.33. The average Bonchev–Trinajstić information content (AvgIpc) is 1.63. The van der Waals surface area contributed by atoms with Crippen LogP contribution in [0.1, 0.15) is 6.92 Å². The Bertz CT molecular complexity index is 109. The number of hydrogen-bond acceptors (Lipinski definition) is 4. The first-order valence-corrected chi connectivity index (χ1v) is 2.14. The van der Waals surface area contributed by atoms with E-state index in [1.165, 1.54) is 6.92 Å². The van der Waals surface area contributed by atoms with Crippen molar-refractivity contribution in [2.45, 2.75) is 6.92 Å². The molecule has 0 atom stereocenters. The zero-order valence-corrected chi connectivity index (χ0v) is 4.79. The minimum atomic E-state index is -0.789. The van der Waals surface area contributed by atoms with Crippen molar-refractivity contribution in [2.75, 3.05) is 6.73 Å². The summed E-state index contributed by atoms with van der Waals surface area (Å²) < 4.78 is 4.16. The molecule has 0 aromatic rings. The van der Waals surface area contributed by atoms with Gasteiger partial charge >= 0.3 is 5.97 Å². The molecule has 0 spiro atoms. The molecule has 6 nitrogen and oxygen atoms in total. The molecule has 0 aromatic heterocycles. The summed E-state index contributed by atoms with van der Waals surface area (Å²) in [6, 6.07) is 0. The van der Waals surface area contributed by atoms with Gasteiger partial charge in [0.05, 0.1) is 0 Å². The standard InChI is InChI=1S/C3H6N2O4/c1-3(6)9-2-4-5(7)8/h4H,2H2,1H3. The van der Waals surface area contributed by atoms with Crippen molar-refractivity contribution >= 4 is 5.97 Å². The van der Waals surface area contributed by atoms with Gasteiger partial charge < -0.3 is 4.74 Å². The number of nitrogens with one attached hydrogen (secondary N) is 1. The van der Waals surface area contributed by atoms with E-state index in [1.54, 1.807) is 5.43 Å². The minimum absolute atomic E-state index is 0.387. The van der Waals surface area contributed by atoms with Gasteiger partial charge in [0, 0.05) is 6.92 Å². The largest absolute Gasteiger partial charge is 0.439 e. The second kappa shape index (κ2) is 3.65. The molecule has 0 radical (unpaired) electrons. The number of carbonyl (C=O) groups is 1. The van der Waals surface area contributed by atoms with E-state index in [2.05, 4.69) is 4.74 Å². The fourth-order valence-electron chi connectivity index (χ4n) is 0.187. The first kappa shape index (κ1) is 7.67. The summed E-state index contributed by atoms with van der Waals surface area (Å²) in [6.45, 7) is 0.782. The predicted molar refractivity (Wildman–Crippen MR) is 26.8 cm³/mol. The lowest BCUT2D eigenvalue weighted by Crippen LogP contribution is -2.25. The van der Waals surface area contributed by atoms with Gasteiger partial charge in [-0.15, -0.1) is 5.43 Å². The summed E-state index contributed by atoms with van der Waals surface area (Å²) in [5.74, 6) is -0.552. The van der Waals surface area contributed by atoms with Crippen LogP contribution in [0.3, 0.4) is 0 Å². The van der Waals surface area contributed by atoms with Crippen LogP contribution in [0.15, 0.2) is 0 Å². The van der Waals surface area contributed by atoms with Gasteiger partial charge in [0.1, 0.15) is 0 Å². The van der Waals surface area contributed by atoms with E-state index in [0.717, 1.165) is 0 Å². The highest BCUT2D eigenvalue weighted by Gasteiger charge is 1.94. The molecule has 0 bridgehead atoms. The Morgan fingerprint density at radius 1 is 1.89 bits per heavy atom. The third-order valence-electron chi connectivity index (χ3n) is 0.469. The maximum atomic E-state index is 9.94. The molecule has 9 heavy (non-hydrogen) atoms.